The van der Waals surface area contributed by atoms with E-state index < -0.39 is 0 Å². The lowest BCUT2D eigenvalue weighted by molar-refractivity contribution is 0.233. The first-order valence-corrected chi connectivity index (χ1v) is 6.10. The van der Waals surface area contributed by atoms with Crippen LogP contribution in [0.1, 0.15) is 54.4 Å². The van der Waals surface area contributed by atoms with Crippen LogP contribution >= 0.6 is 0 Å². The first-order chi connectivity index (χ1) is 6.40. The fourth-order valence-corrected chi connectivity index (χ4v) is 1.44. The summed E-state index contributed by atoms with van der Waals surface area (Å²) in [5.41, 5.74) is 0.423. The van der Waals surface area contributed by atoms with E-state index in [0.29, 0.717) is 5.41 Å². The standard InChI is InChI=1S/C13H29N/c1-7-8-12(4)9-14-10-13(5,6)11(2)3/h11-12,14H,7-10H2,1-6H3. The van der Waals surface area contributed by atoms with Gasteiger partial charge in [0, 0.05) is 6.54 Å². The van der Waals surface area contributed by atoms with E-state index in [4.69, 9.17) is 0 Å². The second-order valence-electron chi connectivity index (χ2n) is 5.67. The molecule has 1 heteroatoms. The van der Waals surface area contributed by atoms with Gasteiger partial charge < -0.3 is 5.32 Å². The summed E-state index contributed by atoms with van der Waals surface area (Å²) in [6.45, 7) is 16.2. The quantitative estimate of drug-likeness (QED) is 0.659. The lowest BCUT2D eigenvalue weighted by atomic mass is 9.81. The number of rotatable bonds is 7. The fourth-order valence-electron chi connectivity index (χ4n) is 1.44. The Kier molecular flexibility index (Phi) is 6.43. The van der Waals surface area contributed by atoms with E-state index in [-0.39, 0.29) is 0 Å². The smallest absolute Gasteiger partial charge is 0.000508 e. The molecule has 1 atom stereocenters. The summed E-state index contributed by atoms with van der Waals surface area (Å²) in [6, 6.07) is 0. The lowest BCUT2D eigenvalue weighted by Crippen LogP contribution is -2.35. The minimum absolute atomic E-state index is 0.423. The predicted molar refractivity (Wildman–Crippen MR) is 65.6 cm³/mol. The monoisotopic (exact) mass is 199 g/mol. The topological polar surface area (TPSA) is 12.0 Å². The van der Waals surface area contributed by atoms with Gasteiger partial charge in [0.05, 0.1) is 0 Å². The van der Waals surface area contributed by atoms with Crippen molar-refractivity contribution in [2.24, 2.45) is 17.3 Å². The summed E-state index contributed by atoms with van der Waals surface area (Å²) in [7, 11) is 0. The molecule has 0 aromatic carbocycles. The van der Waals surface area contributed by atoms with Crippen LogP contribution in [0.5, 0.6) is 0 Å². The molecule has 1 nitrogen and oxygen atoms in total. The van der Waals surface area contributed by atoms with Gasteiger partial charge in [0.25, 0.3) is 0 Å². The number of hydrogen-bond donors (Lipinski definition) is 1. The molecule has 1 N–H and O–H groups in total. The summed E-state index contributed by atoms with van der Waals surface area (Å²) in [5.74, 6) is 1.57. The summed E-state index contributed by atoms with van der Waals surface area (Å²) >= 11 is 0. The van der Waals surface area contributed by atoms with Crippen LogP contribution in [-0.4, -0.2) is 13.1 Å². The maximum absolute atomic E-state index is 3.59. The molecule has 0 rings (SSSR count). The highest BCUT2D eigenvalue weighted by Gasteiger charge is 2.21. The third-order valence-electron chi connectivity index (χ3n) is 3.42. The van der Waals surface area contributed by atoms with Crippen LogP contribution in [0, 0.1) is 17.3 Å². The molecule has 0 heterocycles. The Labute approximate surface area is 90.7 Å². The highest BCUT2D eigenvalue weighted by Crippen LogP contribution is 2.24. The van der Waals surface area contributed by atoms with Gasteiger partial charge in [-0.2, -0.15) is 0 Å². The molecule has 0 saturated carbocycles. The van der Waals surface area contributed by atoms with Gasteiger partial charge in [0.2, 0.25) is 0 Å². The van der Waals surface area contributed by atoms with Crippen LogP contribution < -0.4 is 5.32 Å². The Balaban J connectivity index is 3.62. The molecule has 0 amide bonds. The second-order valence-corrected chi connectivity index (χ2v) is 5.67. The molecule has 1 unspecified atom stereocenters. The third kappa shape index (κ3) is 5.64. The Morgan fingerprint density at radius 1 is 1.14 bits per heavy atom. The Hall–Kier alpha value is -0.0400. The summed E-state index contributed by atoms with van der Waals surface area (Å²) < 4.78 is 0. The van der Waals surface area contributed by atoms with Gasteiger partial charge in [0.15, 0.2) is 0 Å². The maximum atomic E-state index is 3.59. The average Bonchev–Trinajstić information content (AvgIpc) is 2.04. The van der Waals surface area contributed by atoms with Gasteiger partial charge in [-0.05, 0) is 30.2 Å². The highest BCUT2D eigenvalue weighted by molar-refractivity contribution is 4.75. The predicted octanol–water partition coefficient (Wildman–Crippen LogP) is 3.69. The Bertz CT molecular complexity index is 138. The summed E-state index contributed by atoms with van der Waals surface area (Å²) in [6.07, 6.45) is 2.64. The molecule has 0 saturated heterocycles. The van der Waals surface area contributed by atoms with E-state index in [1.165, 1.54) is 19.4 Å². The second kappa shape index (κ2) is 6.44. The van der Waals surface area contributed by atoms with Crippen molar-refractivity contribution in [1.29, 1.82) is 0 Å². The summed E-state index contributed by atoms with van der Waals surface area (Å²) in [5, 5.41) is 3.59. The molecule has 14 heavy (non-hydrogen) atoms. The van der Waals surface area contributed by atoms with Crippen molar-refractivity contribution in [1.82, 2.24) is 5.32 Å². The van der Waals surface area contributed by atoms with Crippen LogP contribution in [-0.2, 0) is 0 Å². The van der Waals surface area contributed by atoms with Crippen molar-refractivity contribution in [3.05, 3.63) is 0 Å². The molecule has 0 aliphatic heterocycles. The Morgan fingerprint density at radius 3 is 2.14 bits per heavy atom. The molecule has 0 spiro atoms. The molecule has 0 fully saturated rings. The van der Waals surface area contributed by atoms with Crippen LogP contribution in [0.4, 0.5) is 0 Å². The zero-order chi connectivity index (χ0) is 11.2. The number of nitrogens with one attached hydrogen (secondary N) is 1. The van der Waals surface area contributed by atoms with E-state index in [2.05, 4.69) is 46.9 Å². The van der Waals surface area contributed by atoms with Crippen molar-refractivity contribution >= 4 is 0 Å². The van der Waals surface area contributed by atoms with E-state index >= 15 is 0 Å². The molecule has 86 valence electrons. The minimum atomic E-state index is 0.423. The van der Waals surface area contributed by atoms with Crippen molar-refractivity contribution in [2.45, 2.75) is 54.4 Å². The zero-order valence-corrected chi connectivity index (χ0v) is 11.0. The van der Waals surface area contributed by atoms with Gasteiger partial charge in [0.1, 0.15) is 0 Å². The average molecular weight is 199 g/mol. The van der Waals surface area contributed by atoms with Gasteiger partial charge in [-0.1, -0.05) is 48.0 Å². The minimum Gasteiger partial charge on any atom is -0.316 e. The summed E-state index contributed by atoms with van der Waals surface area (Å²) in [4.78, 5) is 0. The van der Waals surface area contributed by atoms with Gasteiger partial charge >= 0.3 is 0 Å². The van der Waals surface area contributed by atoms with Crippen LogP contribution in [0.3, 0.4) is 0 Å². The first-order valence-electron chi connectivity index (χ1n) is 6.10. The molecular formula is C13H29N. The van der Waals surface area contributed by atoms with Gasteiger partial charge in [-0.3, -0.25) is 0 Å². The zero-order valence-electron chi connectivity index (χ0n) is 11.0. The van der Waals surface area contributed by atoms with Gasteiger partial charge in [-0.15, -0.1) is 0 Å². The van der Waals surface area contributed by atoms with E-state index in [0.717, 1.165) is 18.4 Å². The fraction of sp³-hybridized carbons (Fsp3) is 1.00. The molecule has 0 aliphatic rings. The van der Waals surface area contributed by atoms with E-state index in [9.17, 15) is 0 Å². The van der Waals surface area contributed by atoms with Crippen molar-refractivity contribution in [3.8, 4) is 0 Å². The molecule has 0 bridgehead atoms. The van der Waals surface area contributed by atoms with E-state index in [1.807, 2.05) is 0 Å². The van der Waals surface area contributed by atoms with Gasteiger partial charge in [-0.25, -0.2) is 0 Å². The normalized spacial score (nSPS) is 14.8. The van der Waals surface area contributed by atoms with E-state index in [1.54, 1.807) is 0 Å². The van der Waals surface area contributed by atoms with Crippen molar-refractivity contribution < 1.29 is 0 Å². The molecule has 0 aromatic heterocycles. The molecule has 0 aromatic rings. The van der Waals surface area contributed by atoms with Crippen molar-refractivity contribution in [2.75, 3.05) is 13.1 Å². The Morgan fingerprint density at radius 2 is 1.71 bits per heavy atom. The van der Waals surface area contributed by atoms with Crippen LogP contribution in [0.2, 0.25) is 0 Å². The number of hydrogen-bond acceptors (Lipinski definition) is 1. The van der Waals surface area contributed by atoms with Crippen molar-refractivity contribution in [3.63, 3.8) is 0 Å². The SMILES string of the molecule is CCCC(C)CNCC(C)(C)C(C)C. The molecular weight excluding hydrogens is 170 g/mol. The largest absolute Gasteiger partial charge is 0.316 e. The van der Waals surface area contributed by atoms with Crippen LogP contribution in [0.15, 0.2) is 0 Å². The maximum Gasteiger partial charge on any atom is 0.000508 e. The first kappa shape index (κ1) is 14.0. The third-order valence-corrected chi connectivity index (χ3v) is 3.42. The van der Waals surface area contributed by atoms with Crippen LogP contribution in [0.25, 0.3) is 0 Å². The molecule has 0 radical (unpaired) electrons. The lowest BCUT2D eigenvalue weighted by Gasteiger charge is -2.30. The highest BCUT2D eigenvalue weighted by atomic mass is 14.9. The molecule has 0 aliphatic carbocycles.